The van der Waals surface area contributed by atoms with Crippen molar-refractivity contribution in [3.8, 4) is 0 Å². The number of carbonyl (C=O) groups excluding carboxylic acids is 1. The van der Waals surface area contributed by atoms with E-state index in [9.17, 15) is 4.79 Å². The molecule has 2 unspecified atom stereocenters. The fraction of sp³-hybridized carbons (Fsp3) is 0.938. The molecule has 2 rings (SSSR count). The van der Waals surface area contributed by atoms with E-state index < -0.39 is 0 Å². The molecule has 0 aliphatic carbocycles. The lowest BCUT2D eigenvalue weighted by molar-refractivity contribution is -0.137. The quantitative estimate of drug-likeness (QED) is 0.852. The van der Waals surface area contributed by atoms with Crippen LogP contribution in [0.1, 0.15) is 45.4 Å². The second-order valence-electron chi connectivity index (χ2n) is 6.48. The van der Waals surface area contributed by atoms with Crippen LogP contribution in [0.3, 0.4) is 0 Å². The first kappa shape index (κ1) is 15.8. The molecule has 0 saturated carbocycles. The van der Waals surface area contributed by atoms with Crippen LogP contribution in [0.15, 0.2) is 0 Å². The monoisotopic (exact) mass is 281 g/mol. The van der Waals surface area contributed by atoms with Gasteiger partial charge in [0.1, 0.15) is 0 Å². The molecule has 2 saturated heterocycles. The molecule has 0 radical (unpaired) electrons. The molecular weight excluding hydrogens is 250 g/mol. The minimum Gasteiger partial charge on any atom is -0.341 e. The summed E-state index contributed by atoms with van der Waals surface area (Å²) < 4.78 is 0. The summed E-state index contributed by atoms with van der Waals surface area (Å²) in [5, 5.41) is 3.28. The van der Waals surface area contributed by atoms with Crippen LogP contribution >= 0.6 is 0 Å². The predicted molar refractivity (Wildman–Crippen MR) is 82.7 cm³/mol. The minimum absolute atomic E-state index is 0.0627. The first-order chi connectivity index (χ1) is 9.72. The first-order valence-electron chi connectivity index (χ1n) is 8.40. The number of piperidine rings is 1. The van der Waals surface area contributed by atoms with Gasteiger partial charge in [0, 0.05) is 19.6 Å². The molecule has 0 bridgehead atoms. The summed E-state index contributed by atoms with van der Waals surface area (Å²) in [6, 6.07) is 0.0627. The van der Waals surface area contributed by atoms with Crippen LogP contribution in [-0.2, 0) is 4.79 Å². The molecule has 1 N–H and O–H groups in total. The van der Waals surface area contributed by atoms with Gasteiger partial charge < -0.3 is 10.2 Å². The maximum Gasteiger partial charge on any atom is 0.239 e. The zero-order valence-corrected chi connectivity index (χ0v) is 13.2. The lowest BCUT2D eigenvalue weighted by Crippen LogP contribution is -2.51. The first-order valence-corrected chi connectivity index (χ1v) is 8.40. The molecule has 2 fully saturated rings. The lowest BCUT2D eigenvalue weighted by atomic mass is 9.96. The van der Waals surface area contributed by atoms with Crippen LogP contribution in [0.25, 0.3) is 0 Å². The second kappa shape index (κ2) is 7.99. The van der Waals surface area contributed by atoms with Crippen molar-refractivity contribution in [2.45, 2.75) is 51.5 Å². The molecule has 0 aromatic heterocycles. The van der Waals surface area contributed by atoms with Gasteiger partial charge in [-0.3, -0.25) is 9.69 Å². The molecule has 0 aromatic rings. The Labute approximate surface area is 123 Å². The Morgan fingerprint density at radius 1 is 1.15 bits per heavy atom. The van der Waals surface area contributed by atoms with Crippen molar-refractivity contribution in [2.24, 2.45) is 5.92 Å². The summed E-state index contributed by atoms with van der Waals surface area (Å²) in [4.78, 5) is 17.2. The zero-order chi connectivity index (χ0) is 14.4. The summed E-state index contributed by atoms with van der Waals surface area (Å²) in [6.45, 7) is 7.27. The van der Waals surface area contributed by atoms with Crippen LogP contribution in [0, 0.1) is 5.92 Å². The van der Waals surface area contributed by atoms with E-state index in [2.05, 4.69) is 22.0 Å². The third-order valence-corrected chi connectivity index (χ3v) is 4.87. The Hall–Kier alpha value is -0.610. The Morgan fingerprint density at radius 3 is 2.50 bits per heavy atom. The number of carbonyl (C=O) groups is 1. The molecular formula is C16H31N3O. The average Bonchev–Trinajstić information content (AvgIpc) is 2.75. The lowest BCUT2D eigenvalue weighted by Gasteiger charge is -2.38. The fourth-order valence-electron chi connectivity index (χ4n) is 3.62. The number of nitrogens with one attached hydrogen (secondary N) is 1. The molecule has 20 heavy (non-hydrogen) atoms. The van der Waals surface area contributed by atoms with Crippen molar-refractivity contribution in [2.75, 3.05) is 39.8 Å². The molecule has 2 aliphatic rings. The Bertz CT molecular complexity index is 298. The fourth-order valence-corrected chi connectivity index (χ4v) is 3.62. The van der Waals surface area contributed by atoms with Crippen molar-refractivity contribution in [3.63, 3.8) is 0 Å². The van der Waals surface area contributed by atoms with Crippen LogP contribution in [0.4, 0.5) is 0 Å². The van der Waals surface area contributed by atoms with Gasteiger partial charge in [0.05, 0.1) is 6.04 Å². The topological polar surface area (TPSA) is 35.6 Å². The zero-order valence-electron chi connectivity index (χ0n) is 13.2. The number of likely N-dealkylation sites (tertiary alicyclic amines) is 2. The molecule has 0 aromatic carbocycles. The van der Waals surface area contributed by atoms with E-state index in [-0.39, 0.29) is 6.04 Å². The van der Waals surface area contributed by atoms with E-state index in [1.165, 1.54) is 38.5 Å². The van der Waals surface area contributed by atoms with Gasteiger partial charge in [-0.25, -0.2) is 0 Å². The van der Waals surface area contributed by atoms with E-state index in [4.69, 9.17) is 0 Å². The molecule has 2 heterocycles. The maximum absolute atomic E-state index is 12.7. The molecule has 4 nitrogen and oxygen atoms in total. The van der Waals surface area contributed by atoms with Gasteiger partial charge in [0.25, 0.3) is 0 Å². The van der Waals surface area contributed by atoms with Crippen LogP contribution in [-0.4, -0.2) is 61.5 Å². The number of nitrogens with zero attached hydrogens (tertiary/aromatic N) is 2. The molecule has 2 atom stereocenters. The van der Waals surface area contributed by atoms with Crippen molar-refractivity contribution in [1.29, 1.82) is 0 Å². The molecule has 4 heteroatoms. The normalized spacial score (nSPS) is 27.1. The number of hydrogen-bond donors (Lipinski definition) is 1. The van der Waals surface area contributed by atoms with Gasteiger partial charge in [-0.15, -0.1) is 0 Å². The second-order valence-corrected chi connectivity index (χ2v) is 6.48. The SMILES string of the molecule is CNCC1CCCN(C(C)C(=O)N2CCCCCC2)C1. The minimum atomic E-state index is 0.0627. The highest BCUT2D eigenvalue weighted by Gasteiger charge is 2.29. The Balaban J connectivity index is 1.88. The van der Waals surface area contributed by atoms with Crippen molar-refractivity contribution in [1.82, 2.24) is 15.1 Å². The number of hydrogen-bond acceptors (Lipinski definition) is 3. The van der Waals surface area contributed by atoms with Crippen LogP contribution in [0.2, 0.25) is 0 Å². The molecule has 1 amide bonds. The van der Waals surface area contributed by atoms with Gasteiger partial charge >= 0.3 is 0 Å². The van der Waals surface area contributed by atoms with E-state index in [0.717, 1.165) is 32.7 Å². The number of rotatable bonds is 4. The summed E-state index contributed by atoms with van der Waals surface area (Å²) in [5.41, 5.74) is 0. The van der Waals surface area contributed by atoms with Crippen molar-refractivity contribution in [3.05, 3.63) is 0 Å². The number of amides is 1. The Kier molecular flexibility index (Phi) is 6.30. The van der Waals surface area contributed by atoms with Gasteiger partial charge in [-0.1, -0.05) is 12.8 Å². The van der Waals surface area contributed by atoms with E-state index in [0.29, 0.717) is 11.8 Å². The Morgan fingerprint density at radius 2 is 1.85 bits per heavy atom. The highest BCUT2D eigenvalue weighted by molar-refractivity contribution is 5.81. The molecule has 2 aliphatic heterocycles. The van der Waals surface area contributed by atoms with E-state index >= 15 is 0 Å². The van der Waals surface area contributed by atoms with Gasteiger partial charge in [-0.05, 0) is 58.7 Å². The highest BCUT2D eigenvalue weighted by Crippen LogP contribution is 2.20. The highest BCUT2D eigenvalue weighted by atomic mass is 16.2. The van der Waals surface area contributed by atoms with Crippen LogP contribution < -0.4 is 5.32 Å². The summed E-state index contributed by atoms with van der Waals surface area (Å²) in [5.74, 6) is 1.06. The largest absolute Gasteiger partial charge is 0.341 e. The smallest absolute Gasteiger partial charge is 0.239 e. The third-order valence-electron chi connectivity index (χ3n) is 4.87. The van der Waals surface area contributed by atoms with Crippen molar-refractivity contribution >= 4 is 5.91 Å². The summed E-state index contributed by atoms with van der Waals surface area (Å²) in [6.07, 6.45) is 7.45. The predicted octanol–water partition coefficient (Wildman–Crippen LogP) is 1.71. The van der Waals surface area contributed by atoms with Crippen LogP contribution in [0.5, 0.6) is 0 Å². The molecule has 0 spiro atoms. The average molecular weight is 281 g/mol. The summed E-state index contributed by atoms with van der Waals surface area (Å²) in [7, 11) is 2.02. The van der Waals surface area contributed by atoms with Gasteiger partial charge in [-0.2, -0.15) is 0 Å². The standard InChI is InChI=1S/C16H31N3O/c1-14(16(20)18-9-5-3-4-6-10-18)19-11-7-8-15(13-19)12-17-2/h14-15,17H,3-13H2,1-2H3. The molecule has 116 valence electrons. The van der Waals surface area contributed by atoms with Gasteiger partial charge in [0.2, 0.25) is 5.91 Å². The van der Waals surface area contributed by atoms with E-state index in [1.54, 1.807) is 0 Å². The summed E-state index contributed by atoms with van der Waals surface area (Å²) >= 11 is 0. The van der Waals surface area contributed by atoms with Gasteiger partial charge in [0.15, 0.2) is 0 Å². The third kappa shape index (κ3) is 4.19. The maximum atomic E-state index is 12.7. The van der Waals surface area contributed by atoms with Crippen molar-refractivity contribution < 1.29 is 4.79 Å². The van der Waals surface area contributed by atoms with E-state index in [1.807, 2.05) is 7.05 Å².